The molecule has 1 rings (SSSR count). The summed E-state index contributed by atoms with van der Waals surface area (Å²) in [6, 6.07) is 3.90. The Morgan fingerprint density at radius 2 is 2.00 bits per heavy atom. The van der Waals surface area contributed by atoms with Gasteiger partial charge in [-0.05, 0) is 12.1 Å². The van der Waals surface area contributed by atoms with Crippen molar-refractivity contribution in [1.82, 2.24) is 0 Å². The smallest absolute Gasteiger partial charge is 0.175 e. The Labute approximate surface area is 76.7 Å². The number of hydrogen-bond donors (Lipinski definition) is 1. The summed E-state index contributed by atoms with van der Waals surface area (Å²) in [4.78, 5) is 0.127. The second-order valence-corrected chi connectivity index (χ2v) is 4.62. The first-order chi connectivity index (χ1) is 5.95. The van der Waals surface area contributed by atoms with Gasteiger partial charge >= 0.3 is 0 Å². The van der Waals surface area contributed by atoms with Crippen LogP contribution in [0, 0.1) is 0 Å². The highest BCUT2D eigenvalue weighted by Crippen LogP contribution is 2.27. The fraction of sp³-hybridized carbons (Fsp3) is 0.250. The zero-order valence-electron chi connectivity index (χ0n) is 7.31. The lowest BCUT2D eigenvalue weighted by Crippen LogP contribution is -1.97. The number of phenolic OH excluding ortho intramolecular Hbond substituents is 1. The Bertz CT molecular complexity index is 408. The Morgan fingerprint density at radius 3 is 2.46 bits per heavy atom. The van der Waals surface area contributed by atoms with Crippen LogP contribution in [-0.4, -0.2) is 26.9 Å². The highest BCUT2D eigenvalue weighted by molar-refractivity contribution is 7.90. The fourth-order valence-corrected chi connectivity index (χ4v) is 1.52. The Balaban J connectivity index is 3.30. The summed E-state index contributed by atoms with van der Waals surface area (Å²) in [6.07, 6.45) is 1.10. The number of hydrogen-bond acceptors (Lipinski definition) is 4. The van der Waals surface area contributed by atoms with E-state index < -0.39 is 9.84 Å². The molecule has 1 N–H and O–H groups in total. The quantitative estimate of drug-likeness (QED) is 0.770. The molecule has 0 saturated heterocycles. The van der Waals surface area contributed by atoms with Gasteiger partial charge in [-0.15, -0.1) is 0 Å². The molecule has 0 spiro atoms. The molecule has 0 amide bonds. The van der Waals surface area contributed by atoms with Crippen molar-refractivity contribution in [3.63, 3.8) is 0 Å². The molecule has 0 atom stereocenters. The maximum Gasteiger partial charge on any atom is 0.175 e. The normalized spacial score (nSPS) is 11.2. The van der Waals surface area contributed by atoms with Crippen molar-refractivity contribution in [2.24, 2.45) is 0 Å². The van der Waals surface area contributed by atoms with Gasteiger partial charge in [-0.2, -0.15) is 0 Å². The lowest BCUT2D eigenvalue weighted by Gasteiger charge is -2.04. The molecule has 4 nitrogen and oxygen atoms in total. The lowest BCUT2D eigenvalue weighted by molar-refractivity contribution is 0.372. The third-order valence-electron chi connectivity index (χ3n) is 1.58. The van der Waals surface area contributed by atoms with Crippen LogP contribution >= 0.6 is 0 Å². The van der Waals surface area contributed by atoms with Gasteiger partial charge in [0, 0.05) is 12.3 Å². The Hall–Kier alpha value is -1.23. The van der Waals surface area contributed by atoms with Crippen LogP contribution in [0.25, 0.3) is 0 Å². The van der Waals surface area contributed by atoms with Crippen LogP contribution in [0.5, 0.6) is 11.5 Å². The first kappa shape index (κ1) is 9.85. The average molecular weight is 202 g/mol. The van der Waals surface area contributed by atoms with Crippen molar-refractivity contribution in [1.29, 1.82) is 0 Å². The first-order valence-electron chi connectivity index (χ1n) is 3.52. The summed E-state index contributed by atoms with van der Waals surface area (Å²) in [5.41, 5.74) is 0. The number of methoxy groups -OCH3 is 1. The van der Waals surface area contributed by atoms with Crippen LogP contribution in [0.3, 0.4) is 0 Å². The van der Waals surface area contributed by atoms with Crippen molar-refractivity contribution in [3.05, 3.63) is 18.2 Å². The molecular formula is C8H10O4S. The van der Waals surface area contributed by atoms with Gasteiger partial charge in [0.2, 0.25) is 0 Å². The molecule has 0 aliphatic heterocycles. The molecule has 0 aliphatic carbocycles. The van der Waals surface area contributed by atoms with E-state index in [0.717, 1.165) is 6.26 Å². The number of sulfone groups is 1. The van der Waals surface area contributed by atoms with E-state index in [9.17, 15) is 13.5 Å². The van der Waals surface area contributed by atoms with Gasteiger partial charge in [-0.1, -0.05) is 0 Å². The second kappa shape index (κ2) is 3.26. The molecule has 0 radical (unpaired) electrons. The van der Waals surface area contributed by atoms with Gasteiger partial charge < -0.3 is 9.84 Å². The lowest BCUT2D eigenvalue weighted by atomic mass is 10.3. The number of ether oxygens (including phenoxy) is 1. The molecule has 0 saturated carbocycles. The van der Waals surface area contributed by atoms with E-state index in [0.29, 0.717) is 0 Å². The van der Waals surface area contributed by atoms with Crippen LogP contribution in [0.2, 0.25) is 0 Å². The van der Waals surface area contributed by atoms with E-state index in [1.54, 1.807) is 0 Å². The van der Waals surface area contributed by atoms with Crippen LogP contribution in [-0.2, 0) is 9.84 Å². The van der Waals surface area contributed by atoms with E-state index in [1.165, 1.54) is 25.3 Å². The van der Waals surface area contributed by atoms with E-state index in [2.05, 4.69) is 0 Å². The maximum absolute atomic E-state index is 11.1. The van der Waals surface area contributed by atoms with E-state index in [-0.39, 0.29) is 16.4 Å². The minimum Gasteiger partial charge on any atom is -0.504 e. The predicted octanol–water partition coefficient (Wildman–Crippen LogP) is 0.804. The van der Waals surface area contributed by atoms with Gasteiger partial charge in [-0.3, -0.25) is 0 Å². The van der Waals surface area contributed by atoms with Crippen molar-refractivity contribution < 1.29 is 18.3 Å². The second-order valence-electron chi connectivity index (χ2n) is 2.61. The molecule has 1 aromatic rings. The number of phenols is 1. The summed E-state index contributed by atoms with van der Waals surface area (Å²) in [5.74, 6) is 0.0813. The predicted molar refractivity (Wildman–Crippen MR) is 47.8 cm³/mol. The summed E-state index contributed by atoms with van der Waals surface area (Å²) < 4.78 is 26.9. The standard InChI is InChI=1S/C8H10O4S/c1-12-8-5-6(13(2,10)11)3-4-7(8)9/h3-5,9H,1-2H3. The van der Waals surface area contributed by atoms with Crippen molar-refractivity contribution in [3.8, 4) is 11.5 Å². The molecule has 0 aromatic heterocycles. The minimum absolute atomic E-state index is 0.0742. The van der Waals surface area contributed by atoms with Gasteiger partial charge in [0.15, 0.2) is 21.3 Å². The molecule has 5 heteroatoms. The average Bonchev–Trinajstić information content (AvgIpc) is 2.03. The highest BCUT2D eigenvalue weighted by Gasteiger charge is 2.10. The monoisotopic (exact) mass is 202 g/mol. The van der Waals surface area contributed by atoms with Crippen molar-refractivity contribution >= 4 is 9.84 Å². The van der Waals surface area contributed by atoms with Crippen LogP contribution in [0.1, 0.15) is 0 Å². The molecule has 1 aromatic carbocycles. The Kier molecular flexibility index (Phi) is 2.47. The fourth-order valence-electron chi connectivity index (χ4n) is 0.889. The zero-order valence-corrected chi connectivity index (χ0v) is 8.13. The maximum atomic E-state index is 11.1. The molecule has 72 valence electrons. The summed E-state index contributed by atoms with van der Waals surface area (Å²) in [6.45, 7) is 0. The minimum atomic E-state index is -3.24. The third-order valence-corrected chi connectivity index (χ3v) is 2.69. The molecule has 0 unspecified atom stereocenters. The molecule has 0 bridgehead atoms. The molecular weight excluding hydrogens is 192 g/mol. The molecule has 0 heterocycles. The van der Waals surface area contributed by atoms with E-state index in [4.69, 9.17) is 4.74 Å². The van der Waals surface area contributed by atoms with E-state index >= 15 is 0 Å². The Morgan fingerprint density at radius 1 is 1.38 bits per heavy atom. The third kappa shape index (κ3) is 2.12. The number of aromatic hydroxyl groups is 1. The van der Waals surface area contributed by atoms with Crippen molar-refractivity contribution in [2.75, 3.05) is 13.4 Å². The molecule has 0 aliphatic rings. The van der Waals surface area contributed by atoms with Crippen LogP contribution in [0.15, 0.2) is 23.1 Å². The highest BCUT2D eigenvalue weighted by atomic mass is 32.2. The summed E-state index contributed by atoms with van der Waals surface area (Å²) >= 11 is 0. The zero-order chi connectivity index (χ0) is 10.1. The van der Waals surface area contributed by atoms with E-state index in [1.807, 2.05) is 0 Å². The molecule has 0 fully saturated rings. The SMILES string of the molecule is COc1cc(S(C)(=O)=O)ccc1O. The van der Waals surface area contributed by atoms with Gasteiger partial charge in [0.05, 0.1) is 12.0 Å². The number of rotatable bonds is 2. The van der Waals surface area contributed by atoms with Crippen molar-refractivity contribution in [2.45, 2.75) is 4.90 Å². The van der Waals surface area contributed by atoms with Gasteiger partial charge in [0.25, 0.3) is 0 Å². The number of benzene rings is 1. The van der Waals surface area contributed by atoms with Crippen LogP contribution < -0.4 is 4.74 Å². The van der Waals surface area contributed by atoms with Crippen LogP contribution in [0.4, 0.5) is 0 Å². The summed E-state index contributed by atoms with van der Waals surface area (Å²) in [7, 11) is -1.88. The summed E-state index contributed by atoms with van der Waals surface area (Å²) in [5, 5.41) is 9.18. The largest absolute Gasteiger partial charge is 0.504 e. The van der Waals surface area contributed by atoms with Gasteiger partial charge in [-0.25, -0.2) is 8.42 Å². The topological polar surface area (TPSA) is 63.6 Å². The molecule has 13 heavy (non-hydrogen) atoms. The first-order valence-corrected chi connectivity index (χ1v) is 5.41. The van der Waals surface area contributed by atoms with Gasteiger partial charge in [0.1, 0.15) is 0 Å².